The predicted octanol–water partition coefficient (Wildman–Crippen LogP) is 6.15. The molecular formula is C28H31ClN2O3. The molecule has 0 bridgehead atoms. The van der Waals surface area contributed by atoms with Crippen molar-refractivity contribution in [2.45, 2.75) is 45.6 Å². The highest BCUT2D eigenvalue weighted by atomic mass is 35.5. The Morgan fingerprint density at radius 3 is 2.47 bits per heavy atom. The Kier molecular flexibility index (Phi) is 7.13. The van der Waals surface area contributed by atoms with E-state index in [4.69, 9.17) is 16.0 Å². The molecule has 178 valence electrons. The fourth-order valence-corrected chi connectivity index (χ4v) is 4.96. The van der Waals surface area contributed by atoms with Crippen molar-refractivity contribution in [1.82, 2.24) is 10.2 Å². The summed E-state index contributed by atoms with van der Waals surface area (Å²) in [7, 11) is 0. The fraction of sp³-hybridized carbons (Fsp3) is 0.357. The lowest BCUT2D eigenvalue weighted by molar-refractivity contribution is -0.135. The van der Waals surface area contributed by atoms with E-state index in [-0.39, 0.29) is 35.5 Å². The van der Waals surface area contributed by atoms with E-state index in [0.29, 0.717) is 24.8 Å². The second kappa shape index (κ2) is 10.1. The number of carbonyl (C=O) groups is 2. The van der Waals surface area contributed by atoms with Crippen LogP contribution in [-0.4, -0.2) is 35.8 Å². The summed E-state index contributed by atoms with van der Waals surface area (Å²) in [6.45, 7) is 7.64. The molecule has 1 unspecified atom stereocenters. The van der Waals surface area contributed by atoms with Crippen molar-refractivity contribution in [1.29, 1.82) is 0 Å². The summed E-state index contributed by atoms with van der Waals surface area (Å²) in [6.07, 6.45) is 1.15. The number of piperidine rings is 1. The van der Waals surface area contributed by atoms with Crippen LogP contribution < -0.4 is 5.32 Å². The van der Waals surface area contributed by atoms with Gasteiger partial charge in [-0.2, -0.15) is 0 Å². The topological polar surface area (TPSA) is 62.6 Å². The number of hydrogen-bond donors (Lipinski definition) is 1. The first-order chi connectivity index (χ1) is 16.2. The van der Waals surface area contributed by atoms with Gasteiger partial charge >= 0.3 is 0 Å². The molecule has 0 spiro atoms. The van der Waals surface area contributed by atoms with E-state index >= 15 is 0 Å². The number of rotatable bonds is 6. The lowest BCUT2D eigenvalue weighted by Gasteiger charge is -2.45. The van der Waals surface area contributed by atoms with Gasteiger partial charge in [-0.3, -0.25) is 9.59 Å². The van der Waals surface area contributed by atoms with E-state index in [1.165, 1.54) is 5.56 Å². The Labute approximate surface area is 206 Å². The normalized spacial score (nSPS) is 18.4. The van der Waals surface area contributed by atoms with Gasteiger partial charge in [0.15, 0.2) is 5.76 Å². The maximum absolute atomic E-state index is 13.0. The number of hydrogen-bond acceptors (Lipinski definition) is 3. The predicted molar refractivity (Wildman–Crippen MR) is 135 cm³/mol. The lowest BCUT2D eigenvalue weighted by Crippen LogP contribution is -2.48. The first-order valence-electron chi connectivity index (χ1n) is 11.7. The van der Waals surface area contributed by atoms with E-state index in [2.05, 4.69) is 31.3 Å². The van der Waals surface area contributed by atoms with Crippen molar-refractivity contribution in [2.75, 3.05) is 13.1 Å². The molecule has 0 saturated carbocycles. The van der Waals surface area contributed by atoms with Crippen LogP contribution >= 0.6 is 11.6 Å². The lowest BCUT2D eigenvalue weighted by atomic mass is 9.70. The van der Waals surface area contributed by atoms with Crippen LogP contribution in [0, 0.1) is 5.41 Å². The molecule has 34 heavy (non-hydrogen) atoms. The van der Waals surface area contributed by atoms with E-state index in [1.807, 2.05) is 54.3 Å². The van der Waals surface area contributed by atoms with Gasteiger partial charge in [0.05, 0.1) is 0 Å². The van der Waals surface area contributed by atoms with Crippen LogP contribution in [0.4, 0.5) is 0 Å². The second-order valence-electron chi connectivity index (χ2n) is 9.81. The summed E-state index contributed by atoms with van der Waals surface area (Å²) in [4.78, 5) is 27.6. The Balaban J connectivity index is 1.32. The highest BCUT2D eigenvalue weighted by Gasteiger charge is 2.38. The van der Waals surface area contributed by atoms with E-state index < -0.39 is 0 Å². The third-order valence-electron chi connectivity index (χ3n) is 6.60. The number of nitrogens with one attached hydrogen (secondary N) is 1. The van der Waals surface area contributed by atoms with Gasteiger partial charge in [0, 0.05) is 36.1 Å². The van der Waals surface area contributed by atoms with Crippen molar-refractivity contribution >= 4 is 23.4 Å². The summed E-state index contributed by atoms with van der Waals surface area (Å²) in [5.41, 5.74) is 2.11. The van der Waals surface area contributed by atoms with Crippen molar-refractivity contribution in [2.24, 2.45) is 5.41 Å². The van der Waals surface area contributed by atoms with E-state index in [9.17, 15) is 9.59 Å². The molecule has 1 N–H and O–H groups in total. The number of carbonyl (C=O) groups excluding carboxylic acids is 2. The van der Waals surface area contributed by atoms with Crippen LogP contribution in [-0.2, 0) is 4.79 Å². The molecular weight excluding hydrogens is 448 g/mol. The Hall–Kier alpha value is -3.05. The molecule has 1 aliphatic rings. The van der Waals surface area contributed by atoms with Gasteiger partial charge in [-0.05, 0) is 54.5 Å². The first-order valence-corrected chi connectivity index (χ1v) is 12.1. The number of furan rings is 1. The fourth-order valence-electron chi connectivity index (χ4n) is 4.84. The maximum Gasteiger partial charge on any atom is 0.287 e. The standard InChI is InChI=1S/C28H31ClN2O3/c1-19(30-27(33)25-14-13-24(34-25)21-7-5-4-6-8-21)17-26(32)31-16-15-23(28(2,3)18-31)20-9-11-22(29)12-10-20/h4-14,19,23H,15-18H2,1-3H3,(H,30,33)/t19-,23?/m1/s1. The highest BCUT2D eigenvalue weighted by molar-refractivity contribution is 6.30. The Bertz CT molecular complexity index is 1140. The van der Waals surface area contributed by atoms with Crippen molar-refractivity contribution in [3.63, 3.8) is 0 Å². The summed E-state index contributed by atoms with van der Waals surface area (Å²) in [5.74, 6) is 0.983. The summed E-state index contributed by atoms with van der Waals surface area (Å²) in [6, 6.07) is 20.8. The average molecular weight is 479 g/mol. The van der Waals surface area contributed by atoms with Crippen LogP contribution in [0.3, 0.4) is 0 Å². The van der Waals surface area contributed by atoms with Crippen molar-refractivity contribution in [3.8, 4) is 11.3 Å². The molecule has 0 radical (unpaired) electrons. The number of nitrogens with zero attached hydrogens (tertiary/aromatic N) is 1. The maximum atomic E-state index is 13.0. The molecule has 2 heterocycles. The Morgan fingerprint density at radius 1 is 1.09 bits per heavy atom. The summed E-state index contributed by atoms with van der Waals surface area (Å²) < 4.78 is 5.73. The van der Waals surface area contributed by atoms with Crippen LogP contribution in [0.1, 0.15) is 55.6 Å². The molecule has 1 aromatic heterocycles. The number of benzene rings is 2. The molecule has 3 aromatic rings. The minimum atomic E-state index is -0.316. The summed E-state index contributed by atoms with van der Waals surface area (Å²) >= 11 is 6.05. The molecule has 1 saturated heterocycles. The minimum Gasteiger partial charge on any atom is -0.451 e. The van der Waals surface area contributed by atoms with Gasteiger partial charge in [-0.1, -0.05) is 67.9 Å². The molecule has 1 aliphatic heterocycles. The van der Waals surface area contributed by atoms with Crippen LogP contribution in [0.2, 0.25) is 5.02 Å². The molecule has 0 aliphatic carbocycles. The average Bonchev–Trinajstić information content (AvgIpc) is 3.30. The smallest absolute Gasteiger partial charge is 0.287 e. The molecule has 6 heteroatoms. The number of amides is 2. The third kappa shape index (κ3) is 5.53. The minimum absolute atomic E-state index is 0.0554. The molecule has 2 aromatic carbocycles. The number of likely N-dealkylation sites (tertiary alicyclic amines) is 1. The van der Waals surface area contributed by atoms with Gasteiger partial charge < -0.3 is 14.6 Å². The largest absolute Gasteiger partial charge is 0.451 e. The van der Waals surface area contributed by atoms with Crippen LogP contribution in [0.15, 0.2) is 71.1 Å². The van der Waals surface area contributed by atoms with Gasteiger partial charge in [0.25, 0.3) is 5.91 Å². The molecule has 2 atom stereocenters. The zero-order chi connectivity index (χ0) is 24.3. The van der Waals surface area contributed by atoms with Gasteiger partial charge in [-0.15, -0.1) is 0 Å². The van der Waals surface area contributed by atoms with Gasteiger partial charge in [-0.25, -0.2) is 0 Å². The second-order valence-corrected chi connectivity index (χ2v) is 10.2. The van der Waals surface area contributed by atoms with Crippen molar-refractivity contribution < 1.29 is 14.0 Å². The molecule has 2 amide bonds. The zero-order valence-electron chi connectivity index (χ0n) is 19.9. The van der Waals surface area contributed by atoms with Crippen LogP contribution in [0.5, 0.6) is 0 Å². The highest BCUT2D eigenvalue weighted by Crippen LogP contribution is 2.42. The van der Waals surface area contributed by atoms with Crippen molar-refractivity contribution in [3.05, 3.63) is 83.1 Å². The summed E-state index contributed by atoms with van der Waals surface area (Å²) in [5, 5.41) is 3.63. The molecule has 4 rings (SSSR count). The first kappa shape index (κ1) is 24.1. The SMILES string of the molecule is C[C@H](CC(=O)N1CCC(c2ccc(Cl)cc2)C(C)(C)C1)NC(=O)c1ccc(-c2ccccc2)o1. The quantitative estimate of drug-likeness (QED) is 0.462. The van der Waals surface area contributed by atoms with Gasteiger partial charge in [0.1, 0.15) is 5.76 Å². The molecule has 1 fully saturated rings. The van der Waals surface area contributed by atoms with E-state index in [1.54, 1.807) is 12.1 Å². The Morgan fingerprint density at radius 2 is 1.79 bits per heavy atom. The third-order valence-corrected chi connectivity index (χ3v) is 6.85. The zero-order valence-corrected chi connectivity index (χ0v) is 20.6. The monoisotopic (exact) mass is 478 g/mol. The van der Waals surface area contributed by atoms with E-state index in [0.717, 1.165) is 17.0 Å². The molecule has 5 nitrogen and oxygen atoms in total. The van der Waals surface area contributed by atoms with Gasteiger partial charge in [0.2, 0.25) is 5.91 Å². The number of halogens is 1. The van der Waals surface area contributed by atoms with Crippen LogP contribution in [0.25, 0.3) is 11.3 Å².